The Morgan fingerprint density at radius 2 is 1.42 bits per heavy atom. The average Bonchev–Trinajstić information content (AvgIpc) is 2.53. The second kappa shape index (κ2) is 6.78. The number of nitrogens with one attached hydrogen (secondary N) is 2. The van der Waals surface area contributed by atoms with Crippen LogP contribution in [0.5, 0.6) is 0 Å². The van der Waals surface area contributed by atoms with Crippen molar-refractivity contribution in [3.05, 3.63) is 59.2 Å². The summed E-state index contributed by atoms with van der Waals surface area (Å²) >= 11 is 0. The monoisotopic (exact) mass is 362 g/mol. The summed E-state index contributed by atoms with van der Waals surface area (Å²) in [4.78, 5) is 1.50. The fourth-order valence-electron chi connectivity index (χ4n) is 1.89. The SMILES string of the molecule is CC(C)c1ccc(S(=O)(=O)NNc2c(F)c(F)cc(F)c2F)cc1. The molecular weight excluding hydrogens is 348 g/mol. The molecule has 0 aliphatic carbocycles. The van der Waals surface area contributed by atoms with Crippen LogP contribution in [-0.2, 0) is 10.0 Å². The van der Waals surface area contributed by atoms with Crippen LogP contribution in [0.25, 0.3) is 0 Å². The highest BCUT2D eigenvalue weighted by atomic mass is 32.2. The van der Waals surface area contributed by atoms with Crippen molar-refractivity contribution >= 4 is 15.7 Å². The highest BCUT2D eigenvalue weighted by molar-refractivity contribution is 7.89. The van der Waals surface area contributed by atoms with Crippen LogP contribution in [0.1, 0.15) is 25.3 Å². The summed E-state index contributed by atoms with van der Waals surface area (Å²) in [7, 11) is -4.20. The quantitative estimate of drug-likeness (QED) is 0.485. The van der Waals surface area contributed by atoms with Crippen LogP contribution in [0, 0.1) is 23.3 Å². The molecule has 9 heteroatoms. The number of sulfonamides is 1. The largest absolute Gasteiger partial charge is 0.302 e. The highest BCUT2D eigenvalue weighted by Gasteiger charge is 2.21. The van der Waals surface area contributed by atoms with Gasteiger partial charge in [-0.15, -0.1) is 4.83 Å². The Morgan fingerprint density at radius 1 is 0.917 bits per heavy atom. The number of hydrogen-bond acceptors (Lipinski definition) is 3. The maximum atomic E-state index is 13.5. The van der Waals surface area contributed by atoms with Crippen LogP contribution in [0.3, 0.4) is 0 Å². The van der Waals surface area contributed by atoms with Gasteiger partial charge in [0.25, 0.3) is 10.0 Å². The van der Waals surface area contributed by atoms with Crippen LogP contribution < -0.4 is 10.3 Å². The first kappa shape index (κ1) is 18.2. The molecule has 0 saturated carbocycles. The standard InChI is InChI=1S/C15H14F4N2O2S/c1-8(2)9-3-5-10(6-4-9)24(22,23)21-20-15-13(18)11(16)7-12(17)14(15)19/h3-8,20-21H,1-2H3. The first-order valence-electron chi connectivity index (χ1n) is 6.84. The van der Waals surface area contributed by atoms with E-state index >= 15 is 0 Å². The molecule has 0 spiro atoms. The Bertz CT molecular complexity index is 827. The molecule has 0 radical (unpaired) electrons. The molecule has 0 bridgehead atoms. The van der Waals surface area contributed by atoms with Gasteiger partial charge < -0.3 is 5.43 Å². The molecule has 0 amide bonds. The van der Waals surface area contributed by atoms with Crippen molar-refractivity contribution in [2.24, 2.45) is 0 Å². The van der Waals surface area contributed by atoms with Gasteiger partial charge in [-0.1, -0.05) is 26.0 Å². The normalized spacial score (nSPS) is 11.8. The van der Waals surface area contributed by atoms with Crippen molar-refractivity contribution in [2.45, 2.75) is 24.7 Å². The van der Waals surface area contributed by atoms with E-state index in [-0.39, 0.29) is 16.9 Å². The minimum Gasteiger partial charge on any atom is -0.302 e. The number of hydrazine groups is 1. The average molecular weight is 362 g/mol. The van der Waals surface area contributed by atoms with E-state index in [1.807, 2.05) is 13.8 Å². The van der Waals surface area contributed by atoms with Gasteiger partial charge in [-0.2, -0.15) is 0 Å². The third-order valence-corrected chi connectivity index (χ3v) is 4.54. The predicted molar refractivity (Wildman–Crippen MR) is 80.7 cm³/mol. The molecule has 0 aliphatic rings. The molecule has 2 N–H and O–H groups in total. The molecule has 0 aliphatic heterocycles. The topological polar surface area (TPSA) is 58.2 Å². The molecule has 0 atom stereocenters. The second-order valence-corrected chi connectivity index (χ2v) is 6.98. The van der Waals surface area contributed by atoms with E-state index < -0.39 is 39.0 Å². The zero-order chi connectivity index (χ0) is 18.1. The molecule has 0 heterocycles. The Morgan fingerprint density at radius 3 is 1.88 bits per heavy atom. The van der Waals surface area contributed by atoms with Crippen LogP contribution >= 0.6 is 0 Å². The Hall–Kier alpha value is -2.13. The van der Waals surface area contributed by atoms with Crippen molar-refractivity contribution in [1.82, 2.24) is 4.83 Å². The van der Waals surface area contributed by atoms with Crippen LogP contribution in [0.4, 0.5) is 23.2 Å². The van der Waals surface area contributed by atoms with Gasteiger partial charge in [-0.25, -0.2) is 26.0 Å². The first-order valence-corrected chi connectivity index (χ1v) is 8.32. The van der Waals surface area contributed by atoms with Gasteiger partial charge in [-0.05, 0) is 23.6 Å². The van der Waals surface area contributed by atoms with Crippen LogP contribution in [-0.4, -0.2) is 8.42 Å². The maximum Gasteiger partial charge on any atom is 0.257 e. The van der Waals surface area contributed by atoms with E-state index in [0.717, 1.165) is 5.56 Å². The Balaban J connectivity index is 2.25. The molecule has 2 rings (SSSR count). The fraction of sp³-hybridized carbons (Fsp3) is 0.200. The minimum atomic E-state index is -4.20. The Labute approximate surface area is 136 Å². The lowest BCUT2D eigenvalue weighted by atomic mass is 10.0. The van der Waals surface area contributed by atoms with E-state index in [4.69, 9.17) is 0 Å². The summed E-state index contributed by atoms with van der Waals surface area (Å²) in [5.41, 5.74) is 1.30. The smallest absolute Gasteiger partial charge is 0.257 e. The van der Waals surface area contributed by atoms with Crippen molar-refractivity contribution in [2.75, 3.05) is 5.43 Å². The summed E-state index contributed by atoms with van der Waals surface area (Å²) < 4.78 is 77.3. The van der Waals surface area contributed by atoms with Crippen LogP contribution in [0.15, 0.2) is 35.2 Å². The third kappa shape index (κ3) is 3.68. The number of anilines is 1. The van der Waals surface area contributed by atoms with E-state index in [1.165, 1.54) is 12.1 Å². The molecule has 2 aromatic rings. The zero-order valence-electron chi connectivity index (χ0n) is 12.7. The molecule has 4 nitrogen and oxygen atoms in total. The van der Waals surface area contributed by atoms with Gasteiger partial charge in [0.2, 0.25) is 0 Å². The van der Waals surface area contributed by atoms with E-state index in [2.05, 4.69) is 0 Å². The minimum absolute atomic E-state index is 0.0228. The summed E-state index contributed by atoms with van der Waals surface area (Å²) in [6, 6.07) is 5.80. The molecule has 0 aromatic heterocycles. The van der Waals surface area contributed by atoms with Gasteiger partial charge in [-0.3, -0.25) is 0 Å². The highest BCUT2D eigenvalue weighted by Crippen LogP contribution is 2.24. The lowest BCUT2D eigenvalue weighted by molar-refractivity contribution is 0.457. The third-order valence-electron chi connectivity index (χ3n) is 3.28. The zero-order valence-corrected chi connectivity index (χ0v) is 13.5. The van der Waals surface area contributed by atoms with Crippen molar-refractivity contribution in [3.8, 4) is 0 Å². The second-order valence-electron chi connectivity index (χ2n) is 5.30. The van der Waals surface area contributed by atoms with Crippen molar-refractivity contribution < 1.29 is 26.0 Å². The van der Waals surface area contributed by atoms with E-state index in [1.54, 1.807) is 22.4 Å². The number of benzene rings is 2. The predicted octanol–water partition coefficient (Wildman–Crippen LogP) is 3.67. The van der Waals surface area contributed by atoms with Gasteiger partial charge >= 0.3 is 0 Å². The molecular formula is C15H14F4N2O2S. The lowest BCUT2D eigenvalue weighted by Gasteiger charge is -2.12. The van der Waals surface area contributed by atoms with Gasteiger partial charge in [0.15, 0.2) is 23.3 Å². The molecule has 24 heavy (non-hydrogen) atoms. The summed E-state index contributed by atoms with van der Waals surface area (Å²) in [6.07, 6.45) is 0. The summed E-state index contributed by atoms with van der Waals surface area (Å²) in [5.74, 6) is -6.61. The molecule has 0 saturated heterocycles. The Kier molecular flexibility index (Phi) is 5.14. The maximum absolute atomic E-state index is 13.5. The molecule has 2 aromatic carbocycles. The van der Waals surface area contributed by atoms with E-state index in [0.29, 0.717) is 0 Å². The van der Waals surface area contributed by atoms with E-state index in [9.17, 15) is 26.0 Å². The number of rotatable bonds is 5. The van der Waals surface area contributed by atoms with Gasteiger partial charge in [0, 0.05) is 6.07 Å². The number of halogens is 4. The number of hydrogen-bond donors (Lipinski definition) is 2. The molecule has 130 valence electrons. The fourth-order valence-corrected chi connectivity index (χ4v) is 2.74. The summed E-state index contributed by atoms with van der Waals surface area (Å²) in [6.45, 7) is 3.85. The van der Waals surface area contributed by atoms with Gasteiger partial charge in [0.1, 0.15) is 5.69 Å². The summed E-state index contributed by atoms with van der Waals surface area (Å²) in [5, 5.41) is 0. The molecule has 0 unspecified atom stereocenters. The van der Waals surface area contributed by atoms with Gasteiger partial charge in [0.05, 0.1) is 4.90 Å². The lowest BCUT2D eigenvalue weighted by Crippen LogP contribution is -2.30. The first-order chi connectivity index (χ1) is 11.1. The van der Waals surface area contributed by atoms with Crippen LogP contribution in [0.2, 0.25) is 0 Å². The van der Waals surface area contributed by atoms with Crippen molar-refractivity contribution in [3.63, 3.8) is 0 Å². The van der Waals surface area contributed by atoms with Crippen molar-refractivity contribution in [1.29, 1.82) is 0 Å². The molecule has 0 fully saturated rings.